The minimum Gasteiger partial charge on any atom is -0.497 e. The second-order valence-electron chi connectivity index (χ2n) is 4.63. The standard InChI is InChI=1S/C16H16N2O4S/c1-10(2)15(20)22-9-23-16-17-8-13(14(19)18-16)11-4-6-12(21-3)7-5-11/h4-8H,1,9H2,2-3H3,(H,17,18,19). The summed E-state index contributed by atoms with van der Waals surface area (Å²) in [6, 6.07) is 7.11. The Bertz CT molecular complexity index is 768. The van der Waals surface area contributed by atoms with Crippen molar-refractivity contribution in [1.82, 2.24) is 9.97 Å². The SMILES string of the molecule is C=C(C)C(=O)OCSc1ncc(-c2ccc(OC)cc2)c(=O)[nH]1. The van der Waals surface area contributed by atoms with E-state index in [2.05, 4.69) is 16.5 Å². The number of carbonyl (C=O) groups excluding carboxylic acids is 1. The van der Waals surface area contributed by atoms with Gasteiger partial charge in [0.2, 0.25) is 0 Å². The van der Waals surface area contributed by atoms with Gasteiger partial charge in [0.05, 0.1) is 12.7 Å². The molecule has 0 aliphatic rings. The molecule has 0 unspecified atom stereocenters. The lowest BCUT2D eigenvalue weighted by atomic mass is 10.1. The number of hydrogen-bond donors (Lipinski definition) is 1. The summed E-state index contributed by atoms with van der Waals surface area (Å²) in [5.41, 5.74) is 1.25. The fourth-order valence-electron chi connectivity index (χ4n) is 1.69. The number of carbonyl (C=O) groups is 1. The van der Waals surface area contributed by atoms with Crippen molar-refractivity contribution in [1.29, 1.82) is 0 Å². The minimum absolute atomic E-state index is 0.0521. The average molecular weight is 332 g/mol. The molecule has 0 bridgehead atoms. The number of aromatic nitrogens is 2. The van der Waals surface area contributed by atoms with Gasteiger partial charge in [-0.25, -0.2) is 9.78 Å². The van der Waals surface area contributed by atoms with Gasteiger partial charge in [-0.1, -0.05) is 18.7 Å². The molecule has 0 atom stereocenters. The molecule has 0 fully saturated rings. The molecule has 23 heavy (non-hydrogen) atoms. The van der Waals surface area contributed by atoms with Crippen LogP contribution in [0.3, 0.4) is 0 Å². The first-order valence-corrected chi connectivity index (χ1v) is 7.69. The van der Waals surface area contributed by atoms with Gasteiger partial charge in [-0.3, -0.25) is 4.79 Å². The monoisotopic (exact) mass is 332 g/mol. The summed E-state index contributed by atoms with van der Waals surface area (Å²) in [4.78, 5) is 30.2. The van der Waals surface area contributed by atoms with E-state index >= 15 is 0 Å². The molecule has 0 aliphatic carbocycles. The number of benzene rings is 1. The molecule has 0 spiro atoms. The normalized spacial score (nSPS) is 10.2. The van der Waals surface area contributed by atoms with Crippen LogP contribution in [0.1, 0.15) is 6.92 Å². The molecular weight excluding hydrogens is 316 g/mol. The van der Waals surface area contributed by atoms with Crippen LogP contribution in [0.4, 0.5) is 0 Å². The Morgan fingerprint density at radius 3 is 2.61 bits per heavy atom. The minimum atomic E-state index is -0.477. The van der Waals surface area contributed by atoms with Crippen LogP contribution < -0.4 is 10.3 Å². The number of hydrogen-bond acceptors (Lipinski definition) is 6. The van der Waals surface area contributed by atoms with E-state index < -0.39 is 5.97 Å². The third-order valence-corrected chi connectivity index (χ3v) is 3.63. The first-order valence-electron chi connectivity index (χ1n) is 6.70. The van der Waals surface area contributed by atoms with Gasteiger partial charge in [-0.2, -0.15) is 0 Å². The van der Waals surface area contributed by atoms with Crippen LogP contribution in [-0.2, 0) is 9.53 Å². The van der Waals surface area contributed by atoms with Gasteiger partial charge in [0.15, 0.2) is 5.16 Å². The van der Waals surface area contributed by atoms with Crippen molar-refractivity contribution in [2.45, 2.75) is 12.1 Å². The summed E-state index contributed by atoms with van der Waals surface area (Å²) >= 11 is 1.12. The van der Waals surface area contributed by atoms with Crippen molar-refractivity contribution in [3.8, 4) is 16.9 Å². The Labute approximate surface area is 137 Å². The van der Waals surface area contributed by atoms with Gasteiger partial charge in [-0.15, -0.1) is 0 Å². The highest BCUT2D eigenvalue weighted by atomic mass is 32.2. The molecule has 6 nitrogen and oxygen atoms in total. The van der Waals surface area contributed by atoms with Gasteiger partial charge in [0.25, 0.3) is 5.56 Å². The number of H-pyrrole nitrogens is 1. The van der Waals surface area contributed by atoms with E-state index in [-0.39, 0.29) is 11.5 Å². The Morgan fingerprint density at radius 1 is 1.35 bits per heavy atom. The fourth-order valence-corrected chi connectivity index (χ4v) is 2.26. The molecule has 0 saturated carbocycles. The number of ether oxygens (including phenoxy) is 2. The van der Waals surface area contributed by atoms with Gasteiger partial charge >= 0.3 is 5.97 Å². The molecule has 2 aromatic rings. The molecule has 1 aromatic heterocycles. The first-order chi connectivity index (χ1) is 11.0. The topological polar surface area (TPSA) is 81.3 Å². The number of nitrogens with one attached hydrogen (secondary N) is 1. The number of esters is 1. The molecule has 120 valence electrons. The lowest BCUT2D eigenvalue weighted by Crippen LogP contribution is -2.12. The molecule has 2 rings (SSSR count). The zero-order chi connectivity index (χ0) is 16.8. The van der Waals surface area contributed by atoms with Crippen LogP contribution in [0, 0.1) is 0 Å². The first kappa shape index (κ1) is 16.8. The summed E-state index contributed by atoms with van der Waals surface area (Å²) < 4.78 is 10.0. The zero-order valence-corrected chi connectivity index (χ0v) is 13.6. The highest BCUT2D eigenvalue weighted by Crippen LogP contribution is 2.20. The Kier molecular flexibility index (Phi) is 5.59. The number of rotatable bonds is 6. The molecule has 0 amide bonds. The van der Waals surface area contributed by atoms with E-state index in [0.717, 1.165) is 17.3 Å². The van der Waals surface area contributed by atoms with Crippen molar-refractivity contribution in [2.24, 2.45) is 0 Å². The van der Waals surface area contributed by atoms with Gasteiger partial charge in [0, 0.05) is 11.8 Å². The van der Waals surface area contributed by atoms with E-state index in [1.54, 1.807) is 38.3 Å². The maximum atomic E-state index is 12.1. The second-order valence-corrected chi connectivity index (χ2v) is 5.55. The summed E-state index contributed by atoms with van der Waals surface area (Å²) in [7, 11) is 1.58. The molecule has 1 aromatic carbocycles. The van der Waals surface area contributed by atoms with Gasteiger partial charge in [0.1, 0.15) is 11.7 Å². The van der Waals surface area contributed by atoms with E-state index in [1.165, 1.54) is 6.20 Å². The number of nitrogens with zero attached hydrogens (tertiary/aromatic N) is 1. The van der Waals surface area contributed by atoms with Crippen LogP contribution in [0.25, 0.3) is 11.1 Å². The van der Waals surface area contributed by atoms with E-state index in [9.17, 15) is 9.59 Å². The van der Waals surface area contributed by atoms with E-state index in [4.69, 9.17) is 9.47 Å². The molecule has 1 N–H and O–H groups in total. The second kappa shape index (κ2) is 7.64. The predicted octanol–water partition coefficient (Wildman–Crippen LogP) is 2.61. The van der Waals surface area contributed by atoms with E-state index in [1.807, 2.05) is 0 Å². The summed E-state index contributed by atoms with van der Waals surface area (Å²) in [6.45, 7) is 5.05. The van der Waals surface area contributed by atoms with Crippen molar-refractivity contribution >= 4 is 17.7 Å². The van der Waals surface area contributed by atoms with Crippen LogP contribution in [0.2, 0.25) is 0 Å². The maximum Gasteiger partial charge on any atom is 0.333 e. The summed E-state index contributed by atoms with van der Waals surface area (Å²) in [6.07, 6.45) is 1.49. The Hall–Kier alpha value is -2.54. The smallest absolute Gasteiger partial charge is 0.333 e. The van der Waals surface area contributed by atoms with Crippen LogP contribution >= 0.6 is 11.8 Å². The number of aromatic amines is 1. The van der Waals surface area contributed by atoms with Crippen molar-refractivity contribution in [2.75, 3.05) is 13.0 Å². The lowest BCUT2D eigenvalue weighted by Gasteiger charge is -2.05. The highest BCUT2D eigenvalue weighted by molar-refractivity contribution is 7.99. The maximum absolute atomic E-state index is 12.1. The van der Waals surface area contributed by atoms with Crippen LogP contribution in [0.5, 0.6) is 5.75 Å². The molecule has 0 saturated heterocycles. The van der Waals surface area contributed by atoms with Crippen molar-refractivity contribution in [3.63, 3.8) is 0 Å². The molecular formula is C16H16N2O4S. The van der Waals surface area contributed by atoms with Crippen molar-refractivity contribution < 1.29 is 14.3 Å². The largest absolute Gasteiger partial charge is 0.497 e. The van der Waals surface area contributed by atoms with Crippen LogP contribution in [-0.4, -0.2) is 29.0 Å². The van der Waals surface area contributed by atoms with Crippen LogP contribution in [0.15, 0.2) is 52.6 Å². The third kappa shape index (κ3) is 4.46. The number of methoxy groups -OCH3 is 1. The molecule has 0 aliphatic heterocycles. The summed E-state index contributed by atoms with van der Waals surface area (Å²) in [5, 5.41) is 0.377. The third-order valence-electron chi connectivity index (χ3n) is 2.91. The van der Waals surface area contributed by atoms with Gasteiger partial charge in [-0.05, 0) is 36.4 Å². The fraction of sp³-hybridized carbons (Fsp3) is 0.188. The Morgan fingerprint density at radius 2 is 2.04 bits per heavy atom. The average Bonchev–Trinajstić information content (AvgIpc) is 2.55. The van der Waals surface area contributed by atoms with E-state index in [0.29, 0.717) is 22.0 Å². The highest BCUT2D eigenvalue weighted by Gasteiger charge is 2.08. The number of thioether (sulfide) groups is 1. The molecule has 7 heteroatoms. The lowest BCUT2D eigenvalue weighted by molar-refractivity contribution is -0.136. The molecule has 1 heterocycles. The quantitative estimate of drug-likeness (QED) is 0.288. The predicted molar refractivity (Wildman–Crippen MR) is 88.5 cm³/mol. The zero-order valence-electron chi connectivity index (χ0n) is 12.8. The molecule has 0 radical (unpaired) electrons. The van der Waals surface area contributed by atoms with Crippen molar-refractivity contribution in [3.05, 3.63) is 53.0 Å². The summed E-state index contributed by atoms with van der Waals surface area (Å²) in [5.74, 6) is 0.288. The van der Waals surface area contributed by atoms with Gasteiger partial charge < -0.3 is 14.5 Å². The Balaban J connectivity index is 2.07.